The topological polar surface area (TPSA) is 3.24 Å². The van der Waals surface area contributed by atoms with Crippen LogP contribution in [0.25, 0.3) is 0 Å². The Hall–Kier alpha value is -0.0400. The minimum absolute atomic E-state index is 0.778. The molecule has 1 aliphatic heterocycles. The molecule has 2 unspecified atom stereocenters. The highest BCUT2D eigenvalue weighted by Gasteiger charge is 2.36. The molecule has 19 heavy (non-hydrogen) atoms. The summed E-state index contributed by atoms with van der Waals surface area (Å²) in [6.07, 6.45) is 4.52. The molecule has 2 atom stereocenters. The number of likely N-dealkylation sites (tertiary alicyclic amines) is 1. The summed E-state index contributed by atoms with van der Waals surface area (Å²) >= 11 is 0. The van der Waals surface area contributed by atoms with Crippen molar-refractivity contribution in [2.75, 3.05) is 13.1 Å². The number of rotatable bonds is 1. The zero-order valence-electron chi connectivity index (χ0n) is 15.3. The molecule has 0 N–H and O–H groups in total. The van der Waals surface area contributed by atoms with Crippen LogP contribution in [-0.4, -0.2) is 24.0 Å². The van der Waals surface area contributed by atoms with Gasteiger partial charge in [0.1, 0.15) is 0 Å². The van der Waals surface area contributed by atoms with Gasteiger partial charge in [-0.2, -0.15) is 0 Å². The van der Waals surface area contributed by atoms with Crippen LogP contribution in [0.4, 0.5) is 0 Å². The quantitative estimate of drug-likeness (QED) is 0.579. The van der Waals surface area contributed by atoms with Crippen molar-refractivity contribution >= 4 is 0 Å². The molecule has 0 aromatic carbocycles. The molecule has 2 rings (SSSR count). The van der Waals surface area contributed by atoms with Gasteiger partial charge in [0.15, 0.2) is 0 Å². The molecule has 0 amide bonds. The molecule has 0 radical (unpaired) electrons. The van der Waals surface area contributed by atoms with Gasteiger partial charge in [0.25, 0.3) is 0 Å². The van der Waals surface area contributed by atoms with Gasteiger partial charge in [-0.25, -0.2) is 0 Å². The van der Waals surface area contributed by atoms with Crippen molar-refractivity contribution in [1.82, 2.24) is 4.90 Å². The maximum absolute atomic E-state index is 2.65. The highest BCUT2D eigenvalue weighted by atomic mass is 15.2. The van der Waals surface area contributed by atoms with E-state index in [4.69, 9.17) is 0 Å². The third-order valence-corrected chi connectivity index (χ3v) is 3.48. The normalized spacial score (nSPS) is 24.8. The second-order valence-electron chi connectivity index (χ2n) is 6.23. The van der Waals surface area contributed by atoms with Crippen molar-refractivity contribution in [3.63, 3.8) is 0 Å². The van der Waals surface area contributed by atoms with E-state index >= 15 is 0 Å². The minimum atomic E-state index is 0.778. The molecule has 1 saturated carbocycles. The van der Waals surface area contributed by atoms with Gasteiger partial charge in [0.05, 0.1) is 0 Å². The Balaban J connectivity index is 0. The van der Waals surface area contributed by atoms with Crippen LogP contribution < -0.4 is 0 Å². The van der Waals surface area contributed by atoms with E-state index in [1.165, 1.54) is 32.4 Å². The molecule has 0 spiro atoms. The predicted octanol–water partition coefficient (Wildman–Crippen LogP) is 5.84. The standard InChI is InChI=1S/C10H19N.C4H10.2C2H6/c1-8(2)11-6-9-4-3-5-10(9)7-11;1-4(2)3;2*1-2/h8-10H,3-7H2,1-2H3;4H,1-3H3;2*1-2H3. The largest absolute Gasteiger partial charge is 0.300 e. The van der Waals surface area contributed by atoms with Crippen molar-refractivity contribution in [2.45, 2.75) is 87.6 Å². The first-order chi connectivity index (χ1) is 9.00. The Bertz CT molecular complexity index is 160. The Labute approximate surface area is 124 Å². The van der Waals surface area contributed by atoms with E-state index in [-0.39, 0.29) is 0 Å². The van der Waals surface area contributed by atoms with Crippen LogP contribution in [0.3, 0.4) is 0 Å². The Morgan fingerprint density at radius 1 is 0.737 bits per heavy atom. The highest BCUT2D eigenvalue weighted by Crippen LogP contribution is 2.38. The molecule has 118 valence electrons. The van der Waals surface area contributed by atoms with Gasteiger partial charge in [-0.3, -0.25) is 0 Å². The fourth-order valence-electron chi connectivity index (χ4n) is 2.69. The van der Waals surface area contributed by atoms with Gasteiger partial charge < -0.3 is 4.90 Å². The monoisotopic (exact) mass is 271 g/mol. The van der Waals surface area contributed by atoms with Crippen LogP contribution in [0, 0.1) is 17.8 Å². The zero-order chi connectivity index (χ0) is 15.4. The minimum Gasteiger partial charge on any atom is -0.300 e. The summed E-state index contributed by atoms with van der Waals surface area (Å²) in [4.78, 5) is 2.65. The van der Waals surface area contributed by atoms with Gasteiger partial charge in [-0.15, -0.1) is 0 Å². The predicted molar refractivity (Wildman–Crippen MR) is 90.7 cm³/mol. The van der Waals surface area contributed by atoms with Crippen molar-refractivity contribution in [1.29, 1.82) is 0 Å². The van der Waals surface area contributed by atoms with Gasteiger partial charge in [-0.05, 0) is 44.4 Å². The molecule has 0 aromatic heterocycles. The molecule has 2 aliphatic rings. The van der Waals surface area contributed by atoms with E-state index in [1.807, 2.05) is 27.7 Å². The molecular weight excluding hydrogens is 230 g/mol. The first-order valence-corrected chi connectivity index (χ1v) is 8.74. The van der Waals surface area contributed by atoms with Gasteiger partial charge in [0.2, 0.25) is 0 Å². The smallest absolute Gasteiger partial charge is 0.00388 e. The van der Waals surface area contributed by atoms with Crippen LogP contribution in [0.2, 0.25) is 0 Å². The Morgan fingerprint density at radius 2 is 1.05 bits per heavy atom. The van der Waals surface area contributed by atoms with Gasteiger partial charge >= 0.3 is 0 Å². The zero-order valence-corrected chi connectivity index (χ0v) is 15.3. The van der Waals surface area contributed by atoms with Crippen LogP contribution in [0.5, 0.6) is 0 Å². The lowest BCUT2D eigenvalue weighted by Crippen LogP contribution is -2.28. The second-order valence-corrected chi connectivity index (χ2v) is 6.23. The fourth-order valence-corrected chi connectivity index (χ4v) is 2.69. The summed E-state index contributed by atoms with van der Waals surface area (Å²) in [5, 5.41) is 0. The number of hydrogen-bond acceptors (Lipinski definition) is 1. The number of nitrogens with zero attached hydrogens (tertiary/aromatic N) is 1. The van der Waals surface area contributed by atoms with E-state index in [2.05, 4.69) is 39.5 Å². The van der Waals surface area contributed by atoms with Crippen molar-refractivity contribution in [2.24, 2.45) is 17.8 Å². The first kappa shape index (κ1) is 21.3. The van der Waals surface area contributed by atoms with E-state index in [1.54, 1.807) is 0 Å². The average Bonchev–Trinajstić information content (AvgIpc) is 2.93. The molecule has 1 saturated heterocycles. The summed E-state index contributed by atoms with van der Waals surface area (Å²) in [7, 11) is 0. The number of fused-ring (bicyclic) bond motifs is 1. The maximum atomic E-state index is 2.65. The molecule has 1 heterocycles. The van der Waals surface area contributed by atoms with Crippen molar-refractivity contribution < 1.29 is 0 Å². The fraction of sp³-hybridized carbons (Fsp3) is 1.00. The number of hydrogen-bond donors (Lipinski definition) is 0. The van der Waals surface area contributed by atoms with E-state index in [0.29, 0.717) is 0 Å². The van der Waals surface area contributed by atoms with Crippen molar-refractivity contribution in [3.8, 4) is 0 Å². The van der Waals surface area contributed by atoms with Crippen LogP contribution in [-0.2, 0) is 0 Å². The lowest BCUT2D eigenvalue weighted by atomic mass is 10.0. The average molecular weight is 272 g/mol. The van der Waals surface area contributed by atoms with Crippen LogP contribution in [0.1, 0.15) is 81.6 Å². The Morgan fingerprint density at radius 3 is 1.32 bits per heavy atom. The summed E-state index contributed by atoms with van der Waals surface area (Å²) in [6.45, 7) is 21.9. The van der Waals surface area contributed by atoms with Gasteiger partial charge in [-0.1, -0.05) is 54.9 Å². The van der Waals surface area contributed by atoms with Gasteiger partial charge in [0, 0.05) is 19.1 Å². The SMILES string of the molecule is CC.CC.CC(C)C.CC(C)N1CC2CCCC2C1. The lowest BCUT2D eigenvalue weighted by Gasteiger charge is -2.20. The van der Waals surface area contributed by atoms with Crippen LogP contribution in [0.15, 0.2) is 0 Å². The summed E-state index contributed by atoms with van der Waals surface area (Å²) in [5.74, 6) is 2.97. The first-order valence-electron chi connectivity index (χ1n) is 8.74. The molecule has 2 fully saturated rings. The summed E-state index contributed by atoms with van der Waals surface area (Å²) < 4.78 is 0. The molecule has 1 aliphatic carbocycles. The Kier molecular flexibility index (Phi) is 14.5. The highest BCUT2D eigenvalue weighted by molar-refractivity contribution is 4.89. The van der Waals surface area contributed by atoms with E-state index < -0.39 is 0 Å². The molecule has 1 heteroatoms. The molecular formula is C18H41N. The third-order valence-electron chi connectivity index (χ3n) is 3.48. The maximum Gasteiger partial charge on any atom is 0.00388 e. The molecule has 0 aromatic rings. The van der Waals surface area contributed by atoms with Crippen molar-refractivity contribution in [3.05, 3.63) is 0 Å². The van der Waals surface area contributed by atoms with Crippen LogP contribution >= 0.6 is 0 Å². The second kappa shape index (κ2) is 13.0. The lowest BCUT2D eigenvalue weighted by molar-refractivity contribution is 0.254. The summed E-state index contributed by atoms with van der Waals surface area (Å²) in [5.41, 5.74) is 0. The molecule has 1 nitrogen and oxygen atoms in total. The molecule has 0 bridgehead atoms. The van der Waals surface area contributed by atoms with E-state index in [9.17, 15) is 0 Å². The summed E-state index contributed by atoms with van der Waals surface area (Å²) in [6, 6.07) is 0.778. The third kappa shape index (κ3) is 9.49. The van der Waals surface area contributed by atoms with E-state index in [0.717, 1.165) is 23.8 Å².